The van der Waals surface area contributed by atoms with Gasteiger partial charge in [0.25, 0.3) is 0 Å². The normalized spacial score (nSPS) is 10.1. The first-order chi connectivity index (χ1) is 8.04. The van der Waals surface area contributed by atoms with Crippen molar-refractivity contribution in [3.8, 4) is 0 Å². The fourth-order valence-electron chi connectivity index (χ4n) is 1.52. The molecule has 0 saturated heterocycles. The van der Waals surface area contributed by atoms with Gasteiger partial charge in [0.15, 0.2) is 0 Å². The van der Waals surface area contributed by atoms with Gasteiger partial charge in [-0.3, -0.25) is 0 Å². The first kappa shape index (κ1) is 13.5. The second-order valence-corrected chi connectivity index (χ2v) is 4.07. The molecule has 0 saturated carbocycles. The molecule has 3 nitrogen and oxygen atoms in total. The van der Waals surface area contributed by atoms with Crippen LogP contribution in [0.15, 0.2) is 18.2 Å². The Morgan fingerprint density at radius 3 is 2.76 bits per heavy atom. The Hall–Kier alpha value is -1.58. The quantitative estimate of drug-likeness (QED) is 0.858. The fraction of sp³-hybridized carbons (Fsp3) is 0.462. The van der Waals surface area contributed by atoms with Crippen molar-refractivity contribution < 1.29 is 9.18 Å². The van der Waals surface area contributed by atoms with Gasteiger partial charge in [0.2, 0.25) is 0 Å². The number of hydrogen-bond donors (Lipinski definition) is 1. The summed E-state index contributed by atoms with van der Waals surface area (Å²) in [6.07, 6.45) is 0.718. The van der Waals surface area contributed by atoms with E-state index in [2.05, 4.69) is 5.32 Å². The van der Waals surface area contributed by atoms with E-state index in [1.165, 1.54) is 12.1 Å². The molecular weight excluding hydrogens is 219 g/mol. The molecule has 1 aromatic rings. The molecule has 0 bridgehead atoms. The summed E-state index contributed by atoms with van der Waals surface area (Å²) >= 11 is 0. The second kappa shape index (κ2) is 6.23. The van der Waals surface area contributed by atoms with Gasteiger partial charge in [-0.25, -0.2) is 9.18 Å². The minimum atomic E-state index is -0.221. The molecule has 1 N–H and O–H groups in total. The first-order valence-electron chi connectivity index (χ1n) is 5.78. The summed E-state index contributed by atoms with van der Waals surface area (Å²) in [7, 11) is 1.75. The third kappa shape index (κ3) is 4.06. The smallest absolute Gasteiger partial charge is 0.317 e. The number of carbonyl (C=O) groups is 1. The number of amides is 2. The molecule has 4 heteroatoms. The van der Waals surface area contributed by atoms with Gasteiger partial charge in [-0.2, -0.15) is 0 Å². The minimum absolute atomic E-state index is 0.0766. The average molecular weight is 238 g/mol. The van der Waals surface area contributed by atoms with Crippen LogP contribution in [-0.2, 0) is 6.42 Å². The van der Waals surface area contributed by atoms with Crippen LogP contribution in [0.5, 0.6) is 0 Å². The summed E-state index contributed by atoms with van der Waals surface area (Å²) in [5.74, 6) is -0.221. The van der Waals surface area contributed by atoms with Crippen LogP contribution < -0.4 is 5.32 Å². The van der Waals surface area contributed by atoms with Crippen molar-refractivity contribution in [3.05, 3.63) is 35.1 Å². The summed E-state index contributed by atoms with van der Waals surface area (Å²) < 4.78 is 12.9. The fourth-order valence-corrected chi connectivity index (χ4v) is 1.52. The molecular formula is C13H19FN2O. The maximum Gasteiger partial charge on any atom is 0.317 e. The van der Waals surface area contributed by atoms with Crippen molar-refractivity contribution in [2.24, 2.45) is 0 Å². The molecule has 2 amide bonds. The zero-order valence-electron chi connectivity index (χ0n) is 10.6. The number of aryl methyl sites for hydroxylation is 1. The lowest BCUT2D eigenvalue weighted by atomic mass is 10.1. The van der Waals surface area contributed by atoms with Crippen molar-refractivity contribution >= 4 is 6.03 Å². The maximum absolute atomic E-state index is 12.9. The van der Waals surface area contributed by atoms with Crippen LogP contribution in [0, 0.1) is 12.7 Å². The number of benzene rings is 1. The topological polar surface area (TPSA) is 32.3 Å². The number of halogens is 1. The van der Waals surface area contributed by atoms with E-state index in [4.69, 9.17) is 0 Å². The zero-order valence-corrected chi connectivity index (χ0v) is 10.6. The van der Waals surface area contributed by atoms with E-state index in [-0.39, 0.29) is 11.8 Å². The number of rotatable bonds is 4. The van der Waals surface area contributed by atoms with Crippen molar-refractivity contribution in [2.75, 3.05) is 20.1 Å². The van der Waals surface area contributed by atoms with Gasteiger partial charge >= 0.3 is 6.03 Å². The molecule has 0 fully saturated rings. The number of nitrogens with zero attached hydrogens (tertiary/aromatic N) is 1. The van der Waals surface area contributed by atoms with Crippen molar-refractivity contribution in [1.82, 2.24) is 10.2 Å². The monoisotopic (exact) mass is 238 g/mol. The highest BCUT2D eigenvalue weighted by atomic mass is 19.1. The van der Waals surface area contributed by atoms with Crippen molar-refractivity contribution in [3.63, 3.8) is 0 Å². The van der Waals surface area contributed by atoms with E-state index in [0.717, 1.165) is 17.5 Å². The van der Waals surface area contributed by atoms with Gasteiger partial charge < -0.3 is 10.2 Å². The Morgan fingerprint density at radius 1 is 1.47 bits per heavy atom. The lowest BCUT2D eigenvalue weighted by Crippen LogP contribution is -2.38. The van der Waals surface area contributed by atoms with Gasteiger partial charge in [-0.15, -0.1) is 0 Å². The minimum Gasteiger partial charge on any atom is -0.338 e. The largest absolute Gasteiger partial charge is 0.338 e. The SMILES string of the molecule is CCN(C)C(=O)NCCc1ccc(F)cc1C. The van der Waals surface area contributed by atoms with E-state index < -0.39 is 0 Å². The zero-order chi connectivity index (χ0) is 12.8. The van der Waals surface area contributed by atoms with Gasteiger partial charge in [0.1, 0.15) is 5.82 Å². The van der Waals surface area contributed by atoms with Gasteiger partial charge in [-0.05, 0) is 43.5 Å². The Labute approximate surface area is 102 Å². The molecule has 1 rings (SSSR count). The Balaban J connectivity index is 2.43. The summed E-state index contributed by atoms with van der Waals surface area (Å²) in [4.78, 5) is 13.1. The van der Waals surface area contributed by atoms with Gasteiger partial charge in [-0.1, -0.05) is 6.07 Å². The Morgan fingerprint density at radius 2 is 2.18 bits per heavy atom. The third-order valence-electron chi connectivity index (χ3n) is 2.80. The highest BCUT2D eigenvalue weighted by molar-refractivity contribution is 5.73. The first-order valence-corrected chi connectivity index (χ1v) is 5.78. The van der Waals surface area contributed by atoms with Crippen LogP contribution in [0.3, 0.4) is 0 Å². The van der Waals surface area contributed by atoms with Gasteiger partial charge in [0.05, 0.1) is 0 Å². The van der Waals surface area contributed by atoms with E-state index in [0.29, 0.717) is 13.1 Å². The van der Waals surface area contributed by atoms with Crippen LogP contribution >= 0.6 is 0 Å². The highest BCUT2D eigenvalue weighted by Gasteiger charge is 2.05. The summed E-state index contributed by atoms with van der Waals surface area (Å²) in [6, 6.07) is 4.64. The van der Waals surface area contributed by atoms with E-state index in [1.807, 2.05) is 13.8 Å². The number of hydrogen-bond acceptors (Lipinski definition) is 1. The maximum atomic E-state index is 12.9. The molecule has 0 aromatic heterocycles. The van der Waals surface area contributed by atoms with E-state index >= 15 is 0 Å². The molecule has 1 aromatic carbocycles. The molecule has 0 aliphatic carbocycles. The molecule has 0 atom stereocenters. The molecule has 0 unspecified atom stereocenters. The van der Waals surface area contributed by atoms with E-state index in [9.17, 15) is 9.18 Å². The summed E-state index contributed by atoms with van der Waals surface area (Å²) in [5, 5.41) is 2.82. The molecule has 17 heavy (non-hydrogen) atoms. The van der Waals surface area contributed by atoms with Crippen LogP contribution in [0.25, 0.3) is 0 Å². The summed E-state index contributed by atoms with van der Waals surface area (Å²) in [5.41, 5.74) is 1.98. The number of carbonyl (C=O) groups excluding carboxylic acids is 1. The molecule has 0 aliphatic heterocycles. The average Bonchev–Trinajstić information content (AvgIpc) is 2.30. The predicted molar refractivity (Wildman–Crippen MR) is 66.5 cm³/mol. The van der Waals surface area contributed by atoms with Crippen LogP contribution in [0.4, 0.5) is 9.18 Å². The van der Waals surface area contributed by atoms with Crippen LogP contribution in [-0.4, -0.2) is 31.1 Å². The molecule has 0 radical (unpaired) electrons. The Kier molecular flexibility index (Phi) is 4.94. The lowest BCUT2D eigenvalue weighted by Gasteiger charge is -2.15. The molecule has 0 spiro atoms. The molecule has 0 heterocycles. The summed E-state index contributed by atoms with van der Waals surface area (Å²) in [6.45, 7) is 5.04. The Bertz CT molecular complexity index is 393. The van der Waals surface area contributed by atoms with E-state index in [1.54, 1.807) is 18.0 Å². The van der Waals surface area contributed by atoms with Gasteiger partial charge in [0, 0.05) is 20.1 Å². The lowest BCUT2D eigenvalue weighted by molar-refractivity contribution is 0.211. The number of urea groups is 1. The molecule has 0 aliphatic rings. The third-order valence-corrected chi connectivity index (χ3v) is 2.80. The predicted octanol–water partition coefficient (Wildman–Crippen LogP) is 2.34. The van der Waals surface area contributed by atoms with Crippen molar-refractivity contribution in [1.29, 1.82) is 0 Å². The highest BCUT2D eigenvalue weighted by Crippen LogP contribution is 2.10. The molecule has 94 valence electrons. The number of nitrogens with one attached hydrogen (secondary N) is 1. The van der Waals surface area contributed by atoms with Crippen LogP contribution in [0.1, 0.15) is 18.1 Å². The van der Waals surface area contributed by atoms with Crippen molar-refractivity contribution in [2.45, 2.75) is 20.3 Å². The van der Waals surface area contributed by atoms with Crippen LogP contribution in [0.2, 0.25) is 0 Å². The standard InChI is InChI=1S/C13H19FN2O/c1-4-16(3)13(17)15-8-7-11-5-6-12(14)9-10(11)2/h5-6,9H,4,7-8H2,1-3H3,(H,15,17). The second-order valence-electron chi connectivity index (χ2n) is 4.07.